The van der Waals surface area contributed by atoms with Crippen molar-refractivity contribution in [2.75, 3.05) is 13.1 Å². The van der Waals surface area contributed by atoms with Gasteiger partial charge in [-0.1, -0.05) is 23.7 Å². The Morgan fingerprint density at radius 3 is 2.64 bits per heavy atom. The number of aryl methyl sites for hydroxylation is 1. The molecule has 0 spiro atoms. The molecule has 0 bridgehead atoms. The zero-order chi connectivity index (χ0) is 26.9. The number of hydrogen-bond donors (Lipinski definition) is 1. The van der Waals surface area contributed by atoms with E-state index in [1.54, 1.807) is 24.5 Å². The molecule has 1 aliphatic heterocycles. The zero-order valence-corrected chi connectivity index (χ0v) is 22.6. The summed E-state index contributed by atoms with van der Waals surface area (Å²) in [6.45, 7) is 4.15. The third-order valence-corrected chi connectivity index (χ3v) is 8.29. The molecule has 1 aromatic carbocycles. The average Bonchev–Trinajstić information content (AvgIpc) is 3.29. The Bertz CT molecular complexity index is 1540. The Morgan fingerprint density at radius 1 is 1.10 bits per heavy atom. The lowest BCUT2D eigenvalue weighted by Crippen LogP contribution is -2.41. The van der Waals surface area contributed by atoms with Crippen molar-refractivity contribution in [2.24, 2.45) is 5.92 Å². The van der Waals surface area contributed by atoms with Crippen molar-refractivity contribution in [3.8, 4) is 0 Å². The third kappa shape index (κ3) is 5.19. The van der Waals surface area contributed by atoms with E-state index in [0.717, 1.165) is 45.8 Å². The maximum Gasteiger partial charge on any atom is 0.226 e. The second kappa shape index (κ2) is 10.7. The fraction of sp³-hybridized carbons (Fsp3) is 0.290. The number of rotatable bonds is 5. The summed E-state index contributed by atoms with van der Waals surface area (Å²) in [6, 6.07) is 13.9. The van der Waals surface area contributed by atoms with Gasteiger partial charge in [0.2, 0.25) is 18.3 Å². The van der Waals surface area contributed by atoms with E-state index in [4.69, 9.17) is 16.6 Å². The fourth-order valence-electron chi connectivity index (χ4n) is 6.00. The molecule has 0 saturated carbocycles. The van der Waals surface area contributed by atoms with Crippen molar-refractivity contribution in [1.82, 2.24) is 19.4 Å². The first kappa shape index (κ1) is 25.3. The lowest BCUT2D eigenvalue weighted by atomic mass is 9.76. The minimum atomic E-state index is 0.109. The molecule has 1 amide bonds. The second-order valence-electron chi connectivity index (χ2n) is 10.4. The van der Waals surface area contributed by atoms with Crippen molar-refractivity contribution in [3.63, 3.8) is 0 Å². The van der Waals surface area contributed by atoms with Gasteiger partial charge < -0.3 is 9.47 Å². The van der Waals surface area contributed by atoms with Gasteiger partial charge in [-0.2, -0.15) is 0 Å². The van der Waals surface area contributed by atoms with Crippen LogP contribution in [0.5, 0.6) is 0 Å². The molecule has 198 valence electrons. The highest BCUT2D eigenvalue weighted by Crippen LogP contribution is 2.45. The van der Waals surface area contributed by atoms with Crippen molar-refractivity contribution in [2.45, 2.75) is 38.6 Å². The fourth-order valence-corrected chi connectivity index (χ4v) is 6.18. The molecule has 8 heteroatoms. The Kier molecular flexibility index (Phi) is 6.92. The van der Waals surface area contributed by atoms with Crippen molar-refractivity contribution in [3.05, 3.63) is 112 Å². The van der Waals surface area contributed by atoms with E-state index in [9.17, 15) is 10.0 Å². The predicted molar refractivity (Wildman–Crippen MR) is 149 cm³/mol. The van der Waals surface area contributed by atoms with Gasteiger partial charge in [0.1, 0.15) is 5.82 Å². The van der Waals surface area contributed by atoms with Crippen molar-refractivity contribution in [1.29, 1.82) is 0 Å². The molecule has 1 unspecified atom stereocenters. The van der Waals surface area contributed by atoms with E-state index in [0.29, 0.717) is 37.0 Å². The lowest BCUT2D eigenvalue weighted by molar-refractivity contribution is -0.904. The number of allylic oxidation sites excluding steroid dienone is 1. The number of benzene rings is 1. The van der Waals surface area contributed by atoms with Crippen LogP contribution in [-0.4, -0.2) is 43.6 Å². The van der Waals surface area contributed by atoms with Crippen molar-refractivity contribution < 1.29 is 14.7 Å². The minimum Gasteiger partial charge on any atom is -0.342 e. The van der Waals surface area contributed by atoms with Crippen LogP contribution in [0.1, 0.15) is 52.5 Å². The number of aromatic nitrogens is 4. The molecule has 1 saturated heterocycles. The van der Waals surface area contributed by atoms with Crippen LogP contribution in [0.2, 0.25) is 5.02 Å². The average molecular weight is 541 g/mol. The standard InChI is InChI=1S/C31H31ClN5O2/c1-21-33-11-16-36(21)20-25-18-24-19-26(32)4-5-27(24)30(31-28(25)3-2-10-34-31)23-8-12-35(13-9-23)29(38)17-22-6-14-37(39)15-7-22/h2-7,10-11,14-16,18-19,23,30,39H,8-9,12-13,17,20H2,1H3/q+1. The van der Waals surface area contributed by atoms with Crippen LogP contribution >= 0.6 is 11.6 Å². The number of hydrogen-bond acceptors (Lipinski definition) is 4. The quantitative estimate of drug-likeness (QED) is 0.288. The number of carbonyl (C=O) groups is 1. The molecule has 1 aliphatic carbocycles. The number of pyridine rings is 2. The monoisotopic (exact) mass is 540 g/mol. The summed E-state index contributed by atoms with van der Waals surface area (Å²) in [4.78, 5) is 24.4. The number of nitrogens with zero attached hydrogens (tertiary/aromatic N) is 5. The van der Waals surface area contributed by atoms with E-state index in [1.807, 2.05) is 42.5 Å². The largest absolute Gasteiger partial charge is 0.342 e. The van der Waals surface area contributed by atoms with Crippen LogP contribution < -0.4 is 4.73 Å². The molecular formula is C31H31ClN5O2+. The Hall–Kier alpha value is -3.97. The topological polar surface area (TPSA) is 75.1 Å². The van der Waals surface area contributed by atoms with Gasteiger partial charge in [0.05, 0.1) is 12.1 Å². The molecule has 7 nitrogen and oxygen atoms in total. The highest BCUT2D eigenvalue weighted by molar-refractivity contribution is 6.30. The summed E-state index contributed by atoms with van der Waals surface area (Å²) in [5.74, 6) is 1.54. The highest BCUT2D eigenvalue weighted by atomic mass is 35.5. The molecule has 0 radical (unpaired) electrons. The Labute approximate surface area is 233 Å². The van der Waals surface area contributed by atoms with Gasteiger partial charge in [-0.05, 0) is 72.2 Å². The number of amides is 1. The van der Waals surface area contributed by atoms with E-state index in [1.165, 1.54) is 11.1 Å². The molecule has 4 aromatic rings. The summed E-state index contributed by atoms with van der Waals surface area (Å²) in [6.07, 6.45) is 13.2. The Morgan fingerprint density at radius 2 is 1.90 bits per heavy atom. The van der Waals surface area contributed by atoms with Crippen LogP contribution in [0.3, 0.4) is 0 Å². The normalized spacial score (nSPS) is 17.2. The van der Waals surface area contributed by atoms with Gasteiger partial charge in [-0.15, -0.1) is 0 Å². The zero-order valence-electron chi connectivity index (χ0n) is 21.9. The number of carbonyl (C=O) groups excluding carboxylic acids is 1. The molecule has 6 rings (SSSR count). The number of imidazole rings is 1. The van der Waals surface area contributed by atoms with Crippen LogP contribution in [0.4, 0.5) is 0 Å². The van der Waals surface area contributed by atoms with Crippen LogP contribution in [0.15, 0.2) is 73.4 Å². The predicted octanol–water partition coefficient (Wildman–Crippen LogP) is 4.93. The molecule has 3 aromatic heterocycles. The smallest absolute Gasteiger partial charge is 0.226 e. The summed E-state index contributed by atoms with van der Waals surface area (Å²) >= 11 is 6.50. The number of likely N-dealkylation sites (tertiary alicyclic amines) is 1. The van der Waals surface area contributed by atoms with Gasteiger partial charge in [-0.25, -0.2) is 4.98 Å². The molecule has 4 heterocycles. The first-order chi connectivity index (χ1) is 19.0. The van der Waals surface area contributed by atoms with E-state index in [-0.39, 0.29) is 11.8 Å². The summed E-state index contributed by atoms with van der Waals surface area (Å²) in [5.41, 5.74) is 6.70. The third-order valence-electron chi connectivity index (χ3n) is 8.06. The van der Waals surface area contributed by atoms with E-state index in [2.05, 4.69) is 33.8 Å². The van der Waals surface area contributed by atoms with Gasteiger partial charge >= 0.3 is 0 Å². The second-order valence-corrected chi connectivity index (χ2v) is 10.9. The van der Waals surface area contributed by atoms with Gasteiger partial charge in [0, 0.05) is 71.6 Å². The van der Waals surface area contributed by atoms with Gasteiger partial charge in [0.25, 0.3) is 0 Å². The highest BCUT2D eigenvalue weighted by Gasteiger charge is 2.35. The molecule has 39 heavy (non-hydrogen) atoms. The number of fused-ring (bicyclic) bond motifs is 2. The lowest BCUT2D eigenvalue weighted by Gasteiger charge is -2.37. The summed E-state index contributed by atoms with van der Waals surface area (Å²) < 4.78 is 3.14. The number of halogens is 1. The van der Waals surface area contributed by atoms with Crippen molar-refractivity contribution >= 4 is 29.2 Å². The molecular weight excluding hydrogens is 510 g/mol. The molecule has 1 fully saturated rings. The van der Waals surface area contributed by atoms with Crippen LogP contribution in [0, 0.1) is 12.8 Å². The molecule has 2 aliphatic rings. The number of piperidine rings is 1. The van der Waals surface area contributed by atoms with Crippen LogP contribution in [0.25, 0.3) is 11.6 Å². The molecule has 1 atom stereocenters. The van der Waals surface area contributed by atoms with Gasteiger partial charge in [-0.3, -0.25) is 15.0 Å². The van der Waals surface area contributed by atoms with E-state index >= 15 is 0 Å². The van der Waals surface area contributed by atoms with E-state index < -0.39 is 0 Å². The summed E-state index contributed by atoms with van der Waals surface area (Å²) in [7, 11) is 0. The maximum atomic E-state index is 13.1. The summed E-state index contributed by atoms with van der Waals surface area (Å²) in [5, 5.41) is 10.2. The first-order valence-corrected chi connectivity index (χ1v) is 13.7. The van der Waals surface area contributed by atoms with Crippen LogP contribution in [-0.2, 0) is 17.8 Å². The minimum absolute atomic E-state index is 0.109. The first-order valence-electron chi connectivity index (χ1n) is 13.4. The molecule has 1 N–H and O–H groups in total. The Balaban J connectivity index is 1.29. The van der Waals surface area contributed by atoms with Gasteiger partial charge in [0.15, 0.2) is 0 Å². The maximum absolute atomic E-state index is 13.1. The SMILES string of the molecule is Cc1nccn1CC1=Cc2cc(Cl)ccc2C(C2CCN(C(=O)Cc3cc[n+](O)cc3)CC2)c2ncccc21.